The van der Waals surface area contributed by atoms with Crippen molar-refractivity contribution >= 4 is 11.6 Å². The van der Waals surface area contributed by atoms with Crippen molar-refractivity contribution in [2.45, 2.75) is 31.3 Å². The molecule has 2 fully saturated rings. The van der Waals surface area contributed by atoms with Crippen LogP contribution >= 0.6 is 11.6 Å². The van der Waals surface area contributed by atoms with Crippen molar-refractivity contribution in [1.29, 1.82) is 0 Å². The Hall–Kier alpha value is -0.600. The molecule has 0 saturated heterocycles. The second-order valence-corrected chi connectivity index (χ2v) is 5.42. The molecular weight excluding hydrogens is 227 g/mol. The summed E-state index contributed by atoms with van der Waals surface area (Å²) in [6.45, 7) is 0. The van der Waals surface area contributed by atoms with Crippen LogP contribution in [0.1, 0.15) is 24.8 Å². The standard InChI is InChI=1S/C13H14ClFO/c14-11-5-2-6-12(15)8(11)7-13(16)9-3-1-4-10(9)13/h2,5-6,9-10,16H,1,3-4,7H2. The fourth-order valence-electron chi connectivity index (χ4n) is 3.29. The molecule has 2 aliphatic carbocycles. The number of fused-ring (bicyclic) bond motifs is 1. The Morgan fingerprint density at radius 1 is 1.38 bits per heavy atom. The Bertz CT molecular complexity index is 402. The maximum atomic E-state index is 13.6. The molecule has 0 amide bonds. The van der Waals surface area contributed by atoms with Gasteiger partial charge in [0.2, 0.25) is 0 Å². The third-order valence-corrected chi connectivity index (χ3v) is 4.57. The van der Waals surface area contributed by atoms with Gasteiger partial charge in [-0.2, -0.15) is 0 Å². The van der Waals surface area contributed by atoms with Crippen molar-refractivity contribution in [3.63, 3.8) is 0 Å². The number of halogens is 2. The molecule has 0 radical (unpaired) electrons. The summed E-state index contributed by atoms with van der Waals surface area (Å²) < 4.78 is 13.6. The average Bonchev–Trinajstić information content (AvgIpc) is 2.68. The van der Waals surface area contributed by atoms with Crippen LogP contribution in [0, 0.1) is 17.7 Å². The highest BCUT2D eigenvalue weighted by molar-refractivity contribution is 6.31. The lowest BCUT2D eigenvalue weighted by Gasteiger charge is -2.15. The van der Waals surface area contributed by atoms with E-state index in [9.17, 15) is 9.50 Å². The highest BCUT2D eigenvalue weighted by Gasteiger charge is 2.65. The zero-order valence-corrected chi connectivity index (χ0v) is 9.67. The molecule has 1 aromatic rings. The molecule has 3 heteroatoms. The molecule has 2 atom stereocenters. The molecule has 1 aromatic carbocycles. The molecule has 2 aliphatic rings. The summed E-state index contributed by atoms with van der Waals surface area (Å²) in [5.74, 6) is 0.456. The van der Waals surface area contributed by atoms with Gasteiger partial charge in [-0.05, 0) is 36.8 Å². The molecule has 0 heterocycles. The van der Waals surface area contributed by atoms with Crippen molar-refractivity contribution in [2.75, 3.05) is 0 Å². The monoisotopic (exact) mass is 240 g/mol. The van der Waals surface area contributed by atoms with Crippen molar-refractivity contribution in [3.8, 4) is 0 Å². The number of rotatable bonds is 2. The van der Waals surface area contributed by atoms with Crippen molar-refractivity contribution in [1.82, 2.24) is 0 Å². The molecule has 2 unspecified atom stereocenters. The van der Waals surface area contributed by atoms with E-state index in [1.807, 2.05) is 0 Å². The highest BCUT2D eigenvalue weighted by atomic mass is 35.5. The van der Waals surface area contributed by atoms with Crippen LogP contribution in [0.15, 0.2) is 18.2 Å². The summed E-state index contributed by atoms with van der Waals surface area (Å²) in [6.07, 6.45) is 3.72. The lowest BCUT2D eigenvalue weighted by molar-refractivity contribution is 0.106. The van der Waals surface area contributed by atoms with Crippen LogP contribution in [-0.4, -0.2) is 10.7 Å². The lowest BCUT2D eigenvalue weighted by atomic mass is 9.99. The fourth-order valence-corrected chi connectivity index (χ4v) is 3.52. The molecular formula is C13H14ClFO. The first kappa shape index (κ1) is 10.5. The zero-order valence-electron chi connectivity index (χ0n) is 8.92. The number of hydrogen-bond donors (Lipinski definition) is 1. The van der Waals surface area contributed by atoms with Crippen LogP contribution in [-0.2, 0) is 6.42 Å². The number of hydrogen-bond acceptors (Lipinski definition) is 1. The van der Waals surface area contributed by atoms with Crippen LogP contribution in [0.4, 0.5) is 4.39 Å². The Balaban J connectivity index is 1.85. The highest BCUT2D eigenvalue weighted by Crippen LogP contribution is 2.62. The van der Waals surface area contributed by atoms with E-state index in [0.717, 1.165) is 12.8 Å². The number of benzene rings is 1. The SMILES string of the molecule is OC1(Cc2c(F)cccc2Cl)C2CCCC21. The summed E-state index contributed by atoms with van der Waals surface area (Å²) in [6, 6.07) is 4.68. The predicted molar refractivity (Wildman–Crippen MR) is 60.9 cm³/mol. The van der Waals surface area contributed by atoms with Gasteiger partial charge in [-0.15, -0.1) is 0 Å². The van der Waals surface area contributed by atoms with E-state index in [-0.39, 0.29) is 5.82 Å². The van der Waals surface area contributed by atoms with E-state index < -0.39 is 5.60 Å². The summed E-state index contributed by atoms with van der Waals surface area (Å²) in [7, 11) is 0. The van der Waals surface area contributed by atoms with E-state index >= 15 is 0 Å². The van der Waals surface area contributed by atoms with Crippen LogP contribution in [0.3, 0.4) is 0 Å². The number of aliphatic hydroxyl groups is 1. The third-order valence-electron chi connectivity index (χ3n) is 4.21. The van der Waals surface area contributed by atoms with Gasteiger partial charge in [0.1, 0.15) is 5.82 Å². The minimum Gasteiger partial charge on any atom is -0.389 e. The summed E-state index contributed by atoms with van der Waals surface area (Å²) in [4.78, 5) is 0. The zero-order chi connectivity index (χ0) is 11.3. The predicted octanol–water partition coefficient (Wildman–Crippen LogP) is 3.18. The van der Waals surface area contributed by atoms with Crippen LogP contribution in [0.25, 0.3) is 0 Å². The van der Waals surface area contributed by atoms with Gasteiger partial charge in [0.15, 0.2) is 0 Å². The quantitative estimate of drug-likeness (QED) is 0.842. The summed E-state index contributed by atoms with van der Waals surface area (Å²) >= 11 is 5.97. The van der Waals surface area contributed by atoms with E-state index in [1.165, 1.54) is 12.5 Å². The summed E-state index contributed by atoms with van der Waals surface area (Å²) in [5.41, 5.74) is -0.203. The smallest absolute Gasteiger partial charge is 0.127 e. The Morgan fingerprint density at radius 2 is 2.06 bits per heavy atom. The Morgan fingerprint density at radius 3 is 2.69 bits per heavy atom. The van der Waals surface area contributed by atoms with E-state index in [4.69, 9.17) is 11.6 Å². The minimum absolute atomic E-state index is 0.300. The van der Waals surface area contributed by atoms with E-state index in [2.05, 4.69) is 0 Å². The van der Waals surface area contributed by atoms with Gasteiger partial charge in [0, 0.05) is 17.0 Å². The first-order valence-corrected chi connectivity index (χ1v) is 6.16. The molecule has 0 bridgehead atoms. The molecule has 16 heavy (non-hydrogen) atoms. The van der Waals surface area contributed by atoms with Crippen LogP contribution < -0.4 is 0 Å². The van der Waals surface area contributed by atoms with Gasteiger partial charge in [0.05, 0.1) is 5.60 Å². The van der Waals surface area contributed by atoms with Crippen molar-refractivity contribution < 1.29 is 9.50 Å². The van der Waals surface area contributed by atoms with Gasteiger partial charge >= 0.3 is 0 Å². The van der Waals surface area contributed by atoms with Gasteiger partial charge in [-0.25, -0.2) is 4.39 Å². The normalized spacial score (nSPS) is 36.2. The van der Waals surface area contributed by atoms with Gasteiger partial charge in [-0.1, -0.05) is 24.1 Å². The molecule has 86 valence electrons. The third kappa shape index (κ3) is 1.40. The van der Waals surface area contributed by atoms with Crippen molar-refractivity contribution in [3.05, 3.63) is 34.6 Å². The van der Waals surface area contributed by atoms with Gasteiger partial charge in [0.25, 0.3) is 0 Å². The maximum absolute atomic E-state index is 13.6. The lowest BCUT2D eigenvalue weighted by Crippen LogP contribution is -2.20. The molecule has 0 aromatic heterocycles. The minimum atomic E-state index is -0.677. The maximum Gasteiger partial charge on any atom is 0.127 e. The summed E-state index contributed by atoms with van der Waals surface area (Å²) in [5, 5.41) is 10.8. The molecule has 0 aliphatic heterocycles. The van der Waals surface area contributed by atoms with Gasteiger partial charge < -0.3 is 5.11 Å². The first-order chi connectivity index (χ1) is 7.63. The first-order valence-electron chi connectivity index (χ1n) is 5.78. The second kappa shape index (κ2) is 3.44. The Kier molecular flexibility index (Phi) is 2.27. The topological polar surface area (TPSA) is 20.2 Å². The van der Waals surface area contributed by atoms with E-state index in [1.54, 1.807) is 12.1 Å². The molecule has 1 N–H and O–H groups in total. The molecule has 2 saturated carbocycles. The Labute approximate surface area is 99.2 Å². The molecule has 0 spiro atoms. The van der Waals surface area contributed by atoms with Gasteiger partial charge in [-0.3, -0.25) is 0 Å². The van der Waals surface area contributed by atoms with Crippen molar-refractivity contribution in [2.24, 2.45) is 11.8 Å². The average molecular weight is 241 g/mol. The molecule has 3 rings (SSSR count). The van der Waals surface area contributed by atoms with Crippen LogP contribution in [0.5, 0.6) is 0 Å². The van der Waals surface area contributed by atoms with Crippen LogP contribution in [0.2, 0.25) is 5.02 Å². The fraction of sp³-hybridized carbons (Fsp3) is 0.538. The largest absolute Gasteiger partial charge is 0.389 e. The molecule has 1 nitrogen and oxygen atoms in total. The second-order valence-electron chi connectivity index (χ2n) is 5.01. The van der Waals surface area contributed by atoms with E-state index in [0.29, 0.717) is 28.8 Å².